The number of hydrogen-bond donors (Lipinski definition) is 1. The van der Waals surface area contributed by atoms with Gasteiger partial charge in [0.1, 0.15) is 12.5 Å². The van der Waals surface area contributed by atoms with Crippen LogP contribution in [-0.2, 0) is 21.9 Å². The van der Waals surface area contributed by atoms with Gasteiger partial charge < -0.3 is 14.6 Å². The lowest BCUT2D eigenvalue weighted by Crippen LogP contribution is -2.22. The maximum atomic E-state index is 8.95. The SMILES string of the molecule is CC1(c2cncc(CO)c2)OC=CO1. The minimum absolute atomic E-state index is 0.0374. The molecule has 1 aromatic rings. The molecule has 14 heavy (non-hydrogen) atoms. The van der Waals surface area contributed by atoms with E-state index in [4.69, 9.17) is 14.6 Å². The summed E-state index contributed by atoms with van der Waals surface area (Å²) >= 11 is 0. The van der Waals surface area contributed by atoms with E-state index in [1.165, 1.54) is 12.5 Å². The normalized spacial score (nSPS) is 17.6. The van der Waals surface area contributed by atoms with Crippen molar-refractivity contribution in [2.75, 3.05) is 0 Å². The van der Waals surface area contributed by atoms with Crippen LogP contribution >= 0.6 is 0 Å². The first kappa shape index (κ1) is 9.02. The van der Waals surface area contributed by atoms with Crippen LogP contribution in [0.15, 0.2) is 31.0 Å². The van der Waals surface area contributed by atoms with Crippen molar-refractivity contribution >= 4 is 0 Å². The molecule has 1 aliphatic heterocycles. The van der Waals surface area contributed by atoms with Crippen LogP contribution in [0, 0.1) is 0 Å². The summed E-state index contributed by atoms with van der Waals surface area (Å²) in [6.07, 6.45) is 6.25. The molecular weight excluding hydrogens is 182 g/mol. The maximum Gasteiger partial charge on any atom is 0.275 e. The van der Waals surface area contributed by atoms with E-state index in [-0.39, 0.29) is 6.61 Å². The molecule has 2 rings (SSSR count). The van der Waals surface area contributed by atoms with E-state index in [1.807, 2.05) is 0 Å². The van der Waals surface area contributed by atoms with Crippen molar-refractivity contribution in [2.45, 2.75) is 19.3 Å². The molecule has 4 heteroatoms. The fourth-order valence-electron chi connectivity index (χ4n) is 1.30. The molecule has 0 atom stereocenters. The Bertz CT molecular complexity index is 354. The maximum absolute atomic E-state index is 8.95. The number of rotatable bonds is 2. The highest BCUT2D eigenvalue weighted by atomic mass is 16.7. The summed E-state index contributed by atoms with van der Waals surface area (Å²) in [6, 6.07) is 1.81. The molecule has 0 amide bonds. The smallest absolute Gasteiger partial charge is 0.275 e. The van der Waals surface area contributed by atoms with Gasteiger partial charge in [-0.25, -0.2) is 0 Å². The van der Waals surface area contributed by atoms with Gasteiger partial charge in [-0.2, -0.15) is 0 Å². The summed E-state index contributed by atoms with van der Waals surface area (Å²) in [7, 11) is 0. The van der Waals surface area contributed by atoms with Crippen molar-refractivity contribution in [3.8, 4) is 0 Å². The molecule has 0 saturated carbocycles. The number of aromatic nitrogens is 1. The van der Waals surface area contributed by atoms with Crippen LogP contribution in [0.5, 0.6) is 0 Å². The lowest BCUT2D eigenvalue weighted by atomic mass is 10.1. The molecule has 0 spiro atoms. The molecule has 1 aromatic heterocycles. The Balaban J connectivity index is 2.31. The second-order valence-corrected chi connectivity index (χ2v) is 3.19. The van der Waals surface area contributed by atoms with E-state index < -0.39 is 5.79 Å². The molecule has 0 unspecified atom stereocenters. The van der Waals surface area contributed by atoms with Crippen molar-refractivity contribution in [1.82, 2.24) is 4.98 Å². The van der Waals surface area contributed by atoms with Gasteiger partial charge in [0, 0.05) is 19.3 Å². The zero-order valence-corrected chi connectivity index (χ0v) is 7.80. The third-order valence-corrected chi connectivity index (χ3v) is 2.14. The first-order valence-electron chi connectivity index (χ1n) is 4.30. The minimum Gasteiger partial charge on any atom is -0.453 e. The topological polar surface area (TPSA) is 51.6 Å². The van der Waals surface area contributed by atoms with Crippen LogP contribution in [0.25, 0.3) is 0 Å². The Morgan fingerprint density at radius 3 is 2.71 bits per heavy atom. The van der Waals surface area contributed by atoms with Crippen LogP contribution in [-0.4, -0.2) is 10.1 Å². The molecule has 0 radical (unpaired) electrons. The molecule has 1 aliphatic rings. The van der Waals surface area contributed by atoms with Gasteiger partial charge in [0.2, 0.25) is 0 Å². The quantitative estimate of drug-likeness (QED) is 0.768. The van der Waals surface area contributed by atoms with Gasteiger partial charge in [-0.05, 0) is 11.6 Å². The van der Waals surface area contributed by atoms with Gasteiger partial charge in [-0.15, -0.1) is 0 Å². The average Bonchev–Trinajstić information content (AvgIpc) is 2.67. The highest BCUT2D eigenvalue weighted by Crippen LogP contribution is 2.31. The molecule has 4 nitrogen and oxygen atoms in total. The average molecular weight is 193 g/mol. The van der Waals surface area contributed by atoms with Crippen molar-refractivity contribution in [1.29, 1.82) is 0 Å². The standard InChI is InChI=1S/C10H11NO3/c1-10(13-2-3-14-10)9-4-8(7-12)5-11-6-9/h2-6,12H,7H2,1H3. The van der Waals surface area contributed by atoms with E-state index in [2.05, 4.69) is 4.98 Å². The summed E-state index contributed by atoms with van der Waals surface area (Å²) in [5.41, 5.74) is 1.52. The Labute approximate surface area is 81.8 Å². The van der Waals surface area contributed by atoms with E-state index >= 15 is 0 Å². The Kier molecular flexibility index (Phi) is 2.13. The monoisotopic (exact) mass is 193 g/mol. The van der Waals surface area contributed by atoms with Gasteiger partial charge in [0.25, 0.3) is 5.79 Å². The predicted octanol–water partition coefficient (Wildman–Crippen LogP) is 1.26. The van der Waals surface area contributed by atoms with E-state index in [1.54, 1.807) is 25.4 Å². The third kappa shape index (κ3) is 1.44. The van der Waals surface area contributed by atoms with Crippen LogP contribution < -0.4 is 0 Å². The van der Waals surface area contributed by atoms with Crippen LogP contribution in [0.3, 0.4) is 0 Å². The number of aliphatic hydroxyl groups is 1. The van der Waals surface area contributed by atoms with Crippen molar-refractivity contribution in [3.63, 3.8) is 0 Å². The molecule has 2 heterocycles. The zero-order chi connectivity index (χ0) is 10.0. The Morgan fingerprint density at radius 2 is 2.07 bits per heavy atom. The fourth-order valence-corrected chi connectivity index (χ4v) is 1.30. The van der Waals surface area contributed by atoms with Crippen LogP contribution in [0.1, 0.15) is 18.1 Å². The molecule has 0 aliphatic carbocycles. The van der Waals surface area contributed by atoms with Gasteiger partial charge in [0.05, 0.1) is 12.2 Å². The minimum atomic E-state index is -0.807. The molecule has 0 saturated heterocycles. The number of nitrogens with zero attached hydrogens (tertiary/aromatic N) is 1. The van der Waals surface area contributed by atoms with Crippen molar-refractivity contribution in [3.05, 3.63) is 42.1 Å². The Hall–Kier alpha value is -1.55. The van der Waals surface area contributed by atoms with Gasteiger partial charge >= 0.3 is 0 Å². The van der Waals surface area contributed by atoms with Crippen molar-refractivity contribution < 1.29 is 14.6 Å². The number of ether oxygens (including phenoxy) is 2. The number of hydrogen-bond acceptors (Lipinski definition) is 4. The van der Waals surface area contributed by atoms with E-state index in [9.17, 15) is 0 Å². The summed E-state index contributed by atoms with van der Waals surface area (Å²) < 4.78 is 10.6. The first-order chi connectivity index (χ1) is 6.74. The lowest BCUT2D eigenvalue weighted by molar-refractivity contribution is -0.133. The number of aliphatic hydroxyl groups excluding tert-OH is 1. The fraction of sp³-hybridized carbons (Fsp3) is 0.300. The second kappa shape index (κ2) is 3.31. The largest absolute Gasteiger partial charge is 0.453 e. The predicted molar refractivity (Wildman–Crippen MR) is 48.8 cm³/mol. The Morgan fingerprint density at radius 1 is 1.36 bits per heavy atom. The van der Waals surface area contributed by atoms with Crippen LogP contribution in [0.4, 0.5) is 0 Å². The van der Waals surface area contributed by atoms with E-state index in [0.717, 1.165) is 11.1 Å². The summed E-state index contributed by atoms with van der Waals surface area (Å²) in [6.45, 7) is 1.76. The zero-order valence-electron chi connectivity index (χ0n) is 7.80. The highest BCUT2D eigenvalue weighted by molar-refractivity contribution is 5.22. The molecule has 0 fully saturated rings. The summed E-state index contributed by atoms with van der Waals surface area (Å²) in [4.78, 5) is 4.00. The van der Waals surface area contributed by atoms with Crippen molar-refractivity contribution in [2.24, 2.45) is 0 Å². The summed E-state index contributed by atoms with van der Waals surface area (Å²) in [5.74, 6) is -0.807. The van der Waals surface area contributed by atoms with Gasteiger partial charge in [-0.3, -0.25) is 4.98 Å². The molecular formula is C10H11NO3. The van der Waals surface area contributed by atoms with Crippen LogP contribution in [0.2, 0.25) is 0 Å². The highest BCUT2D eigenvalue weighted by Gasteiger charge is 2.32. The first-order valence-corrected chi connectivity index (χ1v) is 4.30. The van der Waals surface area contributed by atoms with Gasteiger partial charge in [0.15, 0.2) is 0 Å². The molecule has 0 bridgehead atoms. The molecule has 74 valence electrons. The number of pyridine rings is 1. The lowest BCUT2D eigenvalue weighted by Gasteiger charge is -2.23. The second-order valence-electron chi connectivity index (χ2n) is 3.19. The van der Waals surface area contributed by atoms with E-state index in [0.29, 0.717) is 0 Å². The third-order valence-electron chi connectivity index (χ3n) is 2.14. The molecule has 1 N–H and O–H groups in total. The summed E-state index contributed by atoms with van der Waals surface area (Å²) in [5, 5.41) is 8.95. The molecule has 0 aromatic carbocycles. The van der Waals surface area contributed by atoms with Gasteiger partial charge in [-0.1, -0.05) is 0 Å².